The summed E-state index contributed by atoms with van der Waals surface area (Å²) in [6, 6.07) is 7.54. The molecule has 0 radical (unpaired) electrons. The normalized spacial score (nSPS) is 12.0. The number of sulfonamides is 1. The molecule has 0 saturated heterocycles. The van der Waals surface area contributed by atoms with Gasteiger partial charge < -0.3 is 4.74 Å². The molecular weight excluding hydrogens is 309 g/mol. The van der Waals surface area contributed by atoms with Crippen molar-refractivity contribution in [3.05, 3.63) is 29.8 Å². The van der Waals surface area contributed by atoms with E-state index in [4.69, 9.17) is 5.26 Å². The zero-order valence-electron chi connectivity index (χ0n) is 11.1. The van der Waals surface area contributed by atoms with Gasteiger partial charge in [-0.25, -0.2) is 8.42 Å². The Hall–Kier alpha value is -1.79. The number of ether oxygens (including phenoxy) is 1. The molecule has 5 nitrogen and oxygen atoms in total. The summed E-state index contributed by atoms with van der Waals surface area (Å²) < 4.78 is 64.4. The van der Waals surface area contributed by atoms with E-state index >= 15 is 0 Å². The van der Waals surface area contributed by atoms with Gasteiger partial charge in [0.25, 0.3) is 0 Å². The average molecular weight is 322 g/mol. The number of nitriles is 1. The largest absolute Gasteiger partial charge is 0.411 e. The second kappa shape index (κ2) is 6.78. The van der Waals surface area contributed by atoms with Gasteiger partial charge in [-0.15, -0.1) is 0 Å². The molecule has 1 rings (SSSR count). The Morgan fingerprint density at radius 2 is 1.86 bits per heavy atom. The van der Waals surface area contributed by atoms with Crippen LogP contribution in [0.2, 0.25) is 0 Å². The van der Waals surface area contributed by atoms with Crippen molar-refractivity contribution in [1.29, 1.82) is 5.26 Å². The molecule has 1 aromatic rings. The highest BCUT2D eigenvalue weighted by atomic mass is 32.2. The fraction of sp³-hybridized carbons (Fsp3) is 0.417. The molecule has 9 heteroatoms. The van der Waals surface area contributed by atoms with E-state index in [1.165, 1.54) is 24.3 Å². The van der Waals surface area contributed by atoms with Crippen LogP contribution in [0.1, 0.15) is 5.56 Å². The summed E-state index contributed by atoms with van der Waals surface area (Å²) in [6.45, 7) is -2.08. The van der Waals surface area contributed by atoms with Crippen LogP contribution in [0.15, 0.2) is 24.3 Å². The van der Waals surface area contributed by atoms with Gasteiger partial charge in [-0.05, 0) is 24.3 Å². The van der Waals surface area contributed by atoms with Gasteiger partial charge in [0, 0.05) is 0 Å². The van der Waals surface area contributed by atoms with E-state index in [1.807, 2.05) is 6.07 Å². The van der Waals surface area contributed by atoms with Crippen molar-refractivity contribution >= 4 is 15.7 Å². The minimum atomic E-state index is -4.45. The number of halogens is 3. The second-order valence-corrected chi connectivity index (χ2v) is 6.07. The summed E-state index contributed by atoms with van der Waals surface area (Å²) in [5, 5.41) is 8.67. The molecule has 0 N–H and O–H groups in total. The van der Waals surface area contributed by atoms with Crippen LogP contribution in [0.25, 0.3) is 0 Å². The molecule has 0 spiro atoms. The maximum Gasteiger partial charge on any atom is 0.411 e. The molecule has 1 aromatic carbocycles. The number of nitrogens with zero attached hydrogens (tertiary/aromatic N) is 2. The van der Waals surface area contributed by atoms with Gasteiger partial charge in [0.2, 0.25) is 10.0 Å². The SMILES string of the molecule is CS(=O)(=O)N(CCOCC(F)(F)F)c1ccc(C#N)cc1. The summed E-state index contributed by atoms with van der Waals surface area (Å²) in [5.74, 6) is 0. The molecule has 0 atom stereocenters. The zero-order valence-corrected chi connectivity index (χ0v) is 11.9. The van der Waals surface area contributed by atoms with Crippen LogP contribution >= 0.6 is 0 Å². The fourth-order valence-corrected chi connectivity index (χ4v) is 2.43. The zero-order chi connectivity index (χ0) is 16.1. The van der Waals surface area contributed by atoms with Crippen LogP contribution in [0.3, 0.4) is 0 Å². The highest BCUT2D eigenvalue weighted by Gasteiger charge is 2.27. The Labute approximate surface area is 120 Å². The maximum absolute atomic E-state index is 11.9. The number of benzene rings is 1. The predicted octanol–water partition coefficient (Wildman–Crippen LogP) is 1.90. The number of hydrogen-bond acceptors (Lipinski definition) is 4. The van der Waals surface area contributed by atoms with Crippen LogP contribution < -0.4 is 4.31 Å². The van der Waals surface area contributed by atoms with E-state index in [2.05, 4.69) is 4.74 Å². The first-order valence-corrected chi connectivity index (χ1v) is 7.61. The van der Waals surface area contributed by atoms with Crippen molar-refractivity contribution < 1.29 is 26.3 Å². The van der Waals surface area contributed by atoms with Gasteiger partial charge in [0.1, 0.15) is 6.61 Å². The summed E-state index contributed by atoms with van der Waals surface area (Å²) in [4.78, 5) is 0. The van der Waals surface area contributed by atoms with Crippen molar-refractivity contribution in [2.45, 2.75) is 6.18 Å². The molecule has 0 unspecified atom stereocenters. The molecule has 0 aliphatic carbocycles. The van der Waals surface area contributed by atoms with Crippen LogP contribution in [-0.4, -0.2) is 40.6 Å². The highest BCUT2D eigenvalue weighted by Crippen LogP contribution is 2.18. The second-order valence-electron chi connectivity index (χ2n) is 4.16. The van der Waals surface area contributed by atoms with Gasteiger partial charge in [0.15, 0.2) is 0 Å². The quantitative estimate of drug-likeness (QED) is 0.750. The average Bonchev–Trinajstić information content (AvgIpc) is 2.36. The fourth-order valence-electron chi connectivity index (χ4n) is 1.52. The lowest BCUT2D eigenvalue weighted by Gasteiger charge is -2.22. The Bertz CT molecular complexity index is 606. The van der Waals surface area contributed by atoms with E-state index < -0.39 is 29.4 Å². The third-order valence-electron chi connectivity index (χ3n) is 2.39. The van der Waals surface area contributed by atoms with Gasteiger partial charge in [0.05, 0.1) is 36.7 Å². The van der Waals surface area contributed by atoms with Gasteiger partial charge in [-0.2, -0.15) is 18.4 Å². The van der Waals surface area contributed by atoms with Crippen molar-refractivity contribution in [3.8, 4) is 6.07 Å². The van der Waals surface area contributed by atoms with E-state index in [0.717, 1.165) is 10.6 Å². The monoisotopic (exact) mass is 322 g/mol. The van der Waals surface area contributed by atoms with E-state index in [-0.39, 0.29) is 12.2 Å². The molecule has 0 heterocycles. The third-order valence-corrected chi connectivity index (χ3v) is 3.58. The first kappa shape index (κ1) is 17.3. The molecule has 0 aromatic heterocycles. The third kappa shape index (κ3) is 6.01. The minimum absolute atomic E-state index is 0.249. The van der Waals surface area contributed by atoms with Crippen LogP contribution in [0, 0.1) is 11.3 Å². The van der Waals surface area contributed by atoms with Crippen molar-refractivity contribution in [1.82, 2.24) is 0 Å². The predicted molar refractivity (Wildman–Crippen MR) is 70.2 cm³/mol. The van der Waals surface area contributed by atoms with Crippen LogP contribution in [-0.2, 0) is 14.8 Å². The molecule has 0 amide bonds. The number of rotatable bonds is 6. The first-order chi connectivity index (χ1) is 9.63. The topological polar surface area (TPSA) is 70.4 Å². The maximum atomic E-state index is 11.9. The van der Waals surface area contributed by atoms with E-state index in [1.54, 1.807) is 0 Å². The Morgan fingerprint density at radius 1 is 1.29 bits per heavy atom. The van der Waals surface area contributed by atoms with Crippen molar-refractivity contribution in [2.75, 3.05) is 30.3 Å². The Kier molecular flexibility index (Phi) is 5.57. The lowest BCUT2D eigenvalue weighted by Crippen LogP contribution is -2.34. The molecule has 21 heavy (non-hydrogen) atoms. The van der Waals surface area contributed by atoms with Gasteiger partial charge >= 0.3 is 6.18 Å². The van der Waals surface area contributed by atoms with E-state index in [0.29, 0.717) is 5.56 Å². The lowest BCUT2D eigenvalue weighted by atomic mass is 10.2. The smallest absolute Gasteiger partial charge is 0.370 e. The summed E-state index contributed by atoms with van der Waals surface area (Å²) >= 11 is 0. The highest BCUT2D eigenvalue weighted by molar-refractivity contribution is 7.92. The van der Waals surface area contributed by atoms with Crippen molar-refractivity contribution in [2.24, 2.45) is 0 Å². The summed E-state index contributed by atoms with van der Waals surface area (Å²) in [5.41, 5.74) is 0.604. The number of anilines is 1. The van der Waals surface area contributed by atoms with Crippen LogP contribution in [0.5, 0.6) is 0 Å². The first-order valence-electron chi connectivity index (χ1n) is 5.76. The lowest BCUT2D eigenvalue weighted by molar-refractivity contribution is -0.173. The Morgan fingerprint density at radius 3 is 2.29 bits per heavy atom. The minimum Gasteiger partial charge on any atom is -0.370 e. The Balaban J connectivity index is 2.76. The number of hydrogen-bond donors (Lipinski definition) is 0. The summed E-state index contributed by atoms with van der Waals surface area (Å²) in [7, 11) is -3.66. The molecule has 0 saturated carbocycles. The molecule has 116 valence electrons. The van der Waals surface area contributed by atoms with Gasteiger partial charge in [-0.1, -0.05) is 0 Å². The van der Waals surface area contributed by atoms with Crippen LogP contribution in [0.4, 0.5) is 18.9 Å². The van der Waals surface area contributed by atoms with Gasteiger partial charge in [-0.3, -0.25) is 4.31 Å². The molecule has 0 fully saturated rings. The molecular formula is C12H13F3N2O3S. The number of alkyl halides is 3. The summed E-state index contributed by atoms with van der Waals surface area (Å²) in [6.07, 6.45) is -3.51. The molecule has 0 aliphatic heterocycles. The molecule has 0 bridgehead atoms. The van der Waals surface area contributed by atoms with E-state index in [9.17, 15) is 21.6 Å². The standard InChI is InChI=1S/C12H13F3N2O3S/c1-21(18,19)17(6-7-20-9-12(13,14)15)11-4-2-10(8-16)3-5-11/h2-5H,6-7,9H2,1H3. The molecule has 0 aliphatic rings. The van der Waals surface area contributed by atoms with Crippen molar-refractivity contribution in [3.63, 3.8) is 0 Å².